The summed E-state index contributed by atoms with van der Waals surface area (Å²) in [7, 11) is 0. The number of nitrogens with zero attached hydrogens (tertiary/aromatic N) is 1. The summed E-state index contributed by atoms with van der Waals surface area (Å²) in [4.78, 5) is 0. The predicted octanol–water partition coefficient (Wildman–Crippen LogP) is 3.23. The zero-order valence-electron chi connectivity index (χ0n) is 8.61. The van der Waals surface area contributed by atoms with Crippen LogP contribution in [0.4, 0.5) is 0 Å². The molecule has 0 aromatic heterocycles. The molecular weight excluding hydrogens is 174 g/mol. The Bertz CT molecular complexity index is 277. The van der Waals surface area contributed by atoms with Gasteiger partial charge in [0.2, 0.25) is 0 Å². The Hall–Kier alpha value is -1.31. The monoisotopic (exact) mass is 191 g/mol. The molecule has 1 aromatic carbocycles. The summed E-state index contributed by atoms with van der Waals surface area (Å²) in [5.41, 5.74) is 2.29. The quantitative estimate of drug-likeness (QED) is 0.329. The highest BCUT2D eigenvalue weighted by Crippen LogP contribution is 2.07. The molecule has 76 valence electrons. The lowest BCUT2D eigenvalue weighted by Crippen LogP contribution is -1.87. The molecule has 0 unspecified atom stereocenters. The molecule has 1 aromatic rings. The third kappa shape index (κ3) is 3.60. The van der Waals surface area contributed by atoms with E-state index in [1.807, 2.05) is 12.1 Å². The van der Waals surface area contributed by atoms with Crippen LogP contribution in [0, 0.1) is 0 Å². The van der Waals surface area contributed by atoms with Gasteiger partial charge in [-0.25, -0.2) is 0 Å². The molecule has 0 fully saturated rings. The SMILES string of the molecule is CCCCCc1ccc(C=NO)cc1. The number of unbranched alkanes of at least 4 members (excludes halogenated alkanes) is 2. The Morgan fingerprint density at radius 3 is 2.50 bits per heavy atom. The number of rotatable bonds is 5. The van der Waals surface area contributed by atoms with Crippen LogP contribution in [0.15, 0.2) is 29.4 Å². The molecule has 2 heteroatoms. The van der Waals surface area contributed by atoms with Crippen LogP contribution >= 0.6 is 0 Å². The van der Waals surface area contributed by atoms with Gasteiger partial charge in [0.15, 0.2) is 0 Å². The first kappa shape index (κ1) is 10.8. The van der Waals surface area contributed by atoms with Crippen LogP contribution < -0.4 is 0 Å². The molecule has 0 atom stereocenters. The maximum absolute atomic E-state index is 8.33. The minimum atomic E-state index is 0.937. The van der Waals surface area contributed by atoms with Crippen LogP contribution in [0.3, 0.4) is 0 Å². The van der Waals surface area contributed by atoms with Gasteiger partial charge in [0.1, 0.15) is 0 Å². The van der Waals surface area contributed by atoms with Crippen LogP contribution in [0.2, 0.25) is 0 Å². The van der Waals surface area contributed by atoms with Crippen LogP contribution in [0.1, 0.15) is 37.3 Å². The first-order valence-corrected chi connectivity index (χ1v) is 5.13. The number of hydrogen-bond acceptors (Lipinski definition) is 2. The maximum atomic E-state index is 8.33. The molecule has 0 amide bonds. The second-order valence-corrected chi connectivity index (χ2v) is 3.44. The van der Waals surface area contributed by atoms with Crippen molar-refractivity contribution in [1.82, 2.24) is 0 Å². The van der Waals surface area contributed by atoms with E-state index in [9.17, 15) is 0 Å². The molecule has 1 rings (SSSR count). The smallest absolute Gasteiger partial charge is 0.0733 e. The van der Waals surface area contributed by atoms with Crippen LogP contribution in [0.25, 0.3) is 0 Å². The molecule has 0 spiro atoms. The Kier molecular flexibility index (Phi) is 4.76. The summed E-state index contributed by atoms with van der Waals surface area (Å²) in [5, 5.41) is 11.3. The normalized spacial score (nSPS) is 10.9. The largest absolute Gasteiger partial charge is 0.411 e. The molecule has 14 heavy (non-hydrogen) atoms. The fourth-order valence-corrected chi connectivity index (χ4v) is 1.42. The van der Waals surface area contributed by atoms with Crippen molar-refractivity contribution in [2.24, 2.45) is 5.16 Å². The second kappa shape index (κ2) is 6.19. The van der Waals surface area contributed by atoms with E-state index in [4.69, 9.17) is 5.21 Å². The number of benzene rings is 1. The maximum Gasteiger partial charge on any atom is 0.0733 e. The van der Waals surface area contributed by atoms with Gasteiger partial charge in [-0.2, -0.15) is 0 Å². The first-order chi connectivity index (χ1) is 6.86. The van der Waals surface area contributed by atoms with Gasteiger partial charge >= 0.3 is 0 Å². The van der Waals surface area contributed by atoms with Crippen molar-refractivity contribution in [3.05, 3.63) is 35.4 Å². The van der Waals surface area contributed by atoms with Crippen LogP contribution in [-0.2, 0) is 6.42 Å². The Morgan fingerprint density at radius 2 is 1.93 bits per heavy atom. The lowest BCUT2D eigenvalue weighted by atomic mass is 10.1. The van der Waals surface area contributed by atoms with Gasteiger partial charge in [0, 0.05) is 0 Å². The molecule has 0 bridgehead atoms. The summed E-state index contributed by atoms with van der Waals surface area (Å²) in [6.45, 7) is 2.21. The third-order valence-electron chi connectivity index (χ3n) is 2.26. The zero-order chi connectivity index (χ0) is 10.2. The van der Waals surface area contributed by atoms with E-state index in [0.29, 0.717) is 0 Å². The van der Waals surface area contributed by atoms with E-state index >= 15 is 0 Å². The van der Waals surface area contributed by atoms with E-state index in [0.717, 1.165) is 12.0 Å². The summed E-state index contributed by atoms with van der Waals surface area (Å²) in [6, 6.07) is 8.13. The topological polar surface area (TPSA) is 32.6 Å². The van der Waals surface area contributed by atoms with Crippen molar-refractivity contribution in [2.45, 2.75) is 32.6 Å². The minimum Gasteiger partial charge on any atom is -0.411 e. The van der Waals surface area contributed by atoms with Gasteiger partial charge in [0.25, 0.3) is 0 Å². The van der Waals surface area contributed by atoms with Crippen molar-refractivity contribution >= 4 is 6.21 Å². The van der Waals surface area contributed by atoms with Crippen molar-refractivity contribution < 1.29 is 5.21 Å². The van der Waals surface area contributed by atoms with E-state index in [1.54, 1.807) is 0 Å². The fraction of sp³-hybridized carbons (Fsp3) is 0.417. The molecule has 0 aliphatic carbocycles. The molecule has 0 aliphatic heterocycles. The van der Waals surface area contributed by atoms with Crippen LogP contribution in [0.5, 0.6) is 0 Å². The van der Waals surface area contributed by atoms with Gasteiger partial charge in [-0.05, 0) is 24.0 Å². The van der Waals surface area contributed by atoms with Crippen molar-refractivity contribution in [3.8, 4) is 0 Å². The molecule has 2 nitrogen and oxygen atoms in total. The van der Waals surface area contributed by atoms with E-state index in [2.05, 4.69) is 24.2 Å². The third-order valence-corrected chi connectivity index (χ3v) is 2.26. The highest BCUT2D eigenvalue weighted by atomic mass is 16.4. The van der Waals surface area contributed by atoms with E-state index < -0.39 is 0 Å². The molecular formula is C12H17NO. The van der Waals surface area contributed by atoms with E-state index in [-0.39, 0.29) is 0 Å². The molecule has 1 N–H and O–H groups in total. The minimum absolute atomic E-state index is 0.937. The van der Waals surface area contributed by atoms with Crippen molar-refractivity contribution in [2.75, 3.05) is 0 Å². The summed E-state index contributed by atoms with van der Waals surface area (Å²) in [5.74, 6) is 0. The lowest BCUT2D eigenvalue weighted by Gasteiger charge is -2.00. The number of oxime groups is 1. The average Bonchev–Trinajstić information content (AvgIpc) is 2.21. The highest BCUT2D eigenvalue weighted by Gasteiger charge is 1.93. The lowest BCUT2D eigenvalue weighted by molar-refractivity contribution is 0.322. The molecule has 0 heterocycles. The second-order valence-electron chi connectivity index (χ2n) is 3.44. The number of aryl methyl sites for hydroxylation is 1. The molecule has 0 radical (unpaired) electrons. The molecule has 0 aliphatic rings. The molecule has 0 saturated carbocycles. The standard InChI is InChI=1S/C12H17NO/c1-2-3-4-5-11-6-8-12(9-7-11)10-13-14/h6-10,14H,2-5H2,1H3. The van der Waals surface area contributed by atoms with Crippen molar-refractivity contribution in [3.63, 3.8) is 0 Å². The number of hydrogen-bond donors (Lipinski definition) is 1. The fourth-order valence-electron chi connectivity index (χ4n) is 1.42. The van der Waals surface area contributed by atoms with E-state index in [1.165, 1.54) is 31.0 Å². The zero-order valence-corrected chi connectivity index (χ0v) is 8.61. The van der Waals surface area contributed by atoms with Gasteiger partial charge in [0.05, 0.1) is 6.21 Å². The highest BCUT2D eigenvalue weighted by molar-refractivity contribution is 5.78. The summed E-state index contributed by atoms with van der Waals surface area (Å²) >= 11 is 0. The summed E-state index contributed by atoms with van der Waals surface area (Å²) in [6.07, 6.45) is 6.39. The van der Waals surface area contributed by atoms with Gasteiger partial charge in [-0.3, -0.25) is 0 Å². The summed E-state index contributed by atoms with van der Waals surface area (Å²) < 4.78 is 0. The molecule has 0 saturated heterocycles. The van der Waals surface area contributed by atoms with Gasteiger partial charge in [-0.1, -0.05) is 49.2 Å². The van der Waals surface area contributed by atoms with Gasteiger partial charge in [-0.15, -0.1) is 0 Å². The predicted molar refractivity (Wildman–Crippen MR) is 59.1 cm³/mol. The average molecular weight is 191 g/mol. The van der Waals surface area contributed by atoms with Crippen molar-refractivity contribution in [1.29, 1.82) is 0 Å². The van der Waals surface area contributed by atoms with Crippen LogP contribution in [-0.4, -0.2) is 11.4 Å². The Morgan fingerprint density at radius 1 is 1.21 bits per heavy atom. The van der Waals surface area contributed by atoms with Gasteiger partial charge < -0.3 is 5.21 Å². The Labute approximate surface area is 85.3 Å². The Balaban J connectivity index is 2.46. The first-order valence-electron chi connectivity index (χ1n) is 5.13.